The number of nitrogens with two attached hydrogens (primary N) is 1. The van der Waals surface area contributed by atoms with Crippen molar-refractivity contribution in [2.75, 3.05) is 13.2 Å². The summed E-state index contributed by atoms with van der Waals surface area (Å²) in [6, 6.07) is 5.06. The number of carboxylic acid groups (broad SMARTS) is 1. The van der Waals surface area contributed by atoms with Crippen molar-refractivity contribution in [2.24, 2.45) is 5.73 Å². The summed E-state index contributed by atoms with van der Waals surface area (Å²) in [5, 5.41) is 20.9. The van der Waals surface area contributed by atoms with Crippen LogP contribution in [0.4, 0.5) is 0 Å². The van der Waals surface area contributed by atoms with E-state index in [1.807, 2.05) is 0 Å². The van der Waals surface area contributed by atoms with E-state index < -0.39 is 23.5 Å². The lowest BCUT2D eigenvalue weighted by molar-refractivity contribution is -0.142. The van der Waals surface area contributed by atoms with Crippen LogP contribution in [0.25, 0.3) is 0 Å². The molecule has 1 saturated heterocycles. The SMILES string of the molecule is NC1(C(=O)N[C@@H](Cc2ccc(O)cc2)C(=O)O)CCOC1. The smallest absolute Gasteiger partial charge is 0.326 e. The maximum absolute atomic E-state index is 12.1. The fraction of sp³-hybridized carbons (Fsp3) is 0.429. The molecule has 1 amide bonds. The van der Waals surface area contributed by atoms with Crippen molar-refractivity contribution in [3.63, 3.8) is 0 Å². The predicted octanol–water partition coefficient (Wildman–Crippen LogP) is -0.378. The Morgan fingerprint density at radius 1 is 1.38 bits per heavy atom. The van der Waals surface area contributed by atoms with Crippen molar-refractivity contribution < 1.29 is 24.5 Å². The minimum Gasteiger partial charge on any atom is -0.508 e. The molecule has 1 aliphatic rings. The van der Waals surface area contributed by atoms with E-state index >= 15 is 0 Å². The van der Waals surface area contributed by atoms with E-state index in [1.54, 1.807) is 12.1 Å². The van der Waals surface area contributed by atoms with Crippen LogP contribution in [0.3, 0.4) is 0 Å². The number of carboxylic acids is 1. The summed E-state index contributed by atoms with van der Waals surface area (Å²) in [4.78, 5) is 23.4. The molecule has 0 radical (unpaired) electrons. The van der Waals surface area contributed by atoms with E-state index in [0.29, 0.717) is 18.6 Å². The van der Waals surface area contributed by atoms with Gasteiger partial charge in [-0.3, -0.25) is 4.79 Å². The molecule has 114 valence electrons. The highest BCUT2D eigenvalue weighted by Crippen LogP contribution is 2.16. The zero-order chi connectivity index (χ0) is 15.5. The predicted molar refractivity (Wildman–Crippen MR) is 73.7 cm³/mol. The number of aliphatic carboxylic acids is 1. The second-order valence-electron chi connectivity index (χ2n) is 5.19. The van der Waals surface area contributed by atoms with Gasteiger partial charge in [-0.1, -0.05) is 12.1 Å². The maximum atomic E-state index is 12.1. The molecular formula is C14H18N2O5. The Labute approximate surface area is 121 Å². The first-order valence-electron chi connectivity index (χ1n) is 6.59. The van der Waals surface area contributed by atoms with E-state index in [9.17, 15) is 19.8 Å². The largest absolute Gasteiger partial charge is 0.508 e. The number of carbonyl (C=O) groups is 2. The summed E-state index contributed by atoms with van der Waals surface area (Å²) < 4.78 is 5.09. The maximum Gasteiger partial charge on any atom is 0.326 e. The number of carbonyl (C=O) groups excluding carboxylic acids is 1. The molecule has 1 aromatic carbocycles. The van der Waals surface area contributed by atoms with Crippen LogP contribution >= 0.6 is 0 Å². The number of amides is 1. The fourth-order valence-electron chi connectivity index (χ4n) is 2.13. The number of benzene rings is 1. The third kappa shape index (κ3) is 3.71. The lowest BCUT2D eigenvalue weighted by atomic mass is 9.97. The summed E-state index contributed by atoms with van der Waals surface area (Å²) in [5.74, 6) is -1.57. The molecule has 7 heteroatoms. The number of nitrogens with one attached hydrogen (secondary N) is 1. The lowest BCUT2D eigenvalue weighted by Gasteiger charge is -2.23. The lowest BCUT2D eigenvalue weighted by Crippen LogP contribution is -2.58. The molecule has 1 aliphatic heterocycles. The minimum atomic E-state index is -1.16. The molecule has 0 aliphatic carbocycles. The van der Waals surface area contributed by atoms with Gasteiger partial charge in [-0.2, -0.15) is 0 Å². The van der Waals surface area contributed by atoms with Gasteiger partial charge in [0.1, 0.15) is 17.3 Å². The van der Waals surface area contributed by atoms with Crippen LogP contribution in [0.5, 0.6) is 5.75 Å². The number of ether oxygens (including phenoxy) is 1. The molecule has 5 N–H and O–H groups in total. The molecule has 0 saturated carbocycles. The van der Waals surface area contributed by atoms with Gasteiger partial charge in [0.05, 0.1) is 6.61 Å². The van der Waals surface area contributed by atoms with E-state index in [2.05, 4.69) is 5.32 Å². The average molecular weight is 294 g/mol. The number of rotatable bonds is 5. The van der Waals surface area contributed by atoms with Crippen molar-refractivity contribution in [3.05, 3.63) is 29.8 Å². The molecular weight excluding hydrogens is 276 g/mol. The Hall–Kier alpha value is -2.12. The second-order valence-corrected chi connectivity index (χ2v) is 5.19. The van der Waals surface area contributed by atoms with Crippen LogP contribution in [-0.2, 0) is 20.7 Å². The number of phenols is 1. The van der Waals surface area contributed by atoms with Gasteiger partial charge < -0.3 is 26.0 Å². The third-order valence-corrected chi connectivity index (χ3v) is 3.48. The summed E-state index contributed by atoms with van der Waals surface area (Å²) in [5.41, 5.74) is 5.43. The van der Waals surface area contributed by atoms with Crippen LogP contribution in [0, 0.1) is 0 Å². The Kier molecular flexibility index (Phi) is 4.44. The van der Waals surface area contributed by atoms with Crippen LogP contribution in [0.1, 0.15) is 12.0 Å². The Morgan fingerprint density at radius 2 is 2.05 bits per heavy atom. The number of hydrogen-bond acceptors (Lipinski definition) is 5. The Balaban J connectivity index is 2.04. The molecule has 1 fully saturated rings. The molecule has 0 aromatic heterocycles. The molecule has 0 bridgehead atoms. The van der Waals surface area contributed by atoms with Crippen LogP contribution in [0.2, 0.25) is 0 Å². The highest BCUT2D eigenvalue weighted by Gasteiger charge is 2.39. The molecule has 7 nitrogen and oxygen atoms in total. The first-order chi connectivity index (χ1) is 9.90. The zero-order valence-electron chi connectivity index (χ0n) is 11.4. The summed E-state index contributed by atoms with van der Waals surface area (Å²) in [7, 11) is 0. The second kappa shape index (κ2) is 6.11. The molecule has 21 heavy (non-hydrogen) atoms. The molecule has 0 spiro atoms. The van der Waals surface area contributed by atoms with Gasteiger partial charge in [0.15, 0.2) is 0 Å². The van der Waals surface area contributed by atoms with Crippen molar-refractivity contribution >= 4 is 11.9 Å². The van der Waals surface area contributed by atoms with E-state index in [-0.39, 0.29) is 18.8 Å². The molecule has 2 atom stereocenters. The normalized spacial score (nSPS) is 22.7. The molecule has 1 aromatic rings. The van der Waals surface area contributed by atoms with Gasteiger partial charge >= 0.3 is 5.97 Å². The third-order valence-electron chi connectivity index (χ3n) is 3.48. The molecule has 2 rings (SSSR count). The Bertz CT molecular complexity index is 523. The highest BCUT2D eigenvalue weighted by molar-refractivity contribution is 5.90. The van der Waals surface area contributed by atoms with Gasteiger partial charge in [-0.25, -0.2) is 4.79 Å². The van der Waals surface area contributed by atoms with Crippen molar-refractivity contribution in [3.8, 4) is 5.75 Å². The Morgan fingerprint density at radius 3 is 2.57 bits per heavy atom. The summed E-state index contributed by atoms with van der Waals surface area (Å²) >= 11 is 0. The van der Waals surface area contributed by atoms with Crippen molar-refractivity contribution in [2.45, 2.75) is 24.4 Å². The standard InChI is InChI=1S/C14H18N2O5/c15-14(5-6-21-8-14)13(20)16-11(12(18)19)7-9-1-3-10(17)4-2-9/h1-4,11,17H,5-8,15H2,(H,16,20)(H,18,19)/t11-,14?/m0/s1. The van der Waals surface area contributed by atoms with Gasteiger partial charge in [0.2, 0.25) is 5.91 Å². The van der Waals surface area contributed by atoms with Gasteiger partial charge in [0, 0.05) is 13.0 Å². The summed E-state index contributed by atoms with van der Waals surface area (Å²) in [6.07, 6.45) is 0.475. The summed E-state index contributed by atoms with van der Waals surface area (Å²) in [6.45, 7) is 0.476. The van der Waals surface area contributed by atoms with Crippen LogP contribution in [0.15, 0.2) is 24.3 Å². The van der Waals surface area contributed by atoms with E-state index in [1.165, 1.54) is 12.1 Å². The number of phenolic OH excluding ortho intramolecular Hbond substituents is 1. The van der Waals surface area contributed by atoms with Gasteiger partial charge in [-0.05, 0) is 24.1 Å². The van der Waals surface area contributed by atoms with Crippen molar-refractivity contribution in [1.82, 2.24) is 5.32 Å². The fourth-order valence-corrected chi connectivity index (χ4v) is 2.13. The van der Waals surface area contributed by atoms with Crippen LogP contribution < -0.4 is 11.1 Å². The zero-order valence-corrected chi connectivity index (χ0v) is 11.4. The van der Waals surface area contributed by atoms with Crippen LogP contribution in [-0.4, -0.2) is 46.9 Å². The number of aromatic hydroxyl groups is 1. The first kappa shape index (κ1) is 15.3. The highest BCUT2D eigenvalue weighted by atomic mass is 16.5. The monoisotopic (exact) mass is 294 g/mol. The van der Waals surface area contributed by atoms with Crippen molar-refractivity contribution in [1.29, 1.82) is 0 Å². The molecule has 1 heterocycles. The topological polar surface area (TPSA) is 122 Å². The van der Waals surface area contributed by atoms with E-state index in [4.69, 9.17) is 10.5 Å². The quantitative estimate of drug-likeness (QED) is 0.587. The van der Waals surface area contributed by atoms with Gasteiger partial charge in [-0.15, -0.1) is 0 Å². The first-order valence-corrected chi connectivity index (χ1v) is 6.59. The average Bonchev–Trinajstić information content (AvgIpc) is 2.88. The molecule has 1 unspecified atom stereocenters. The number of hydrogen-bond donors (Lipinski definition) is 4. The minimum absolute atomic E-state index is 0.0877. The van der Waals surface area contributed by atoms with E-state index in [0.717, 1.165) is 0 Å². The van der Waals surface area contributed by atoms with Gasteiger partial charge in [0.25, 0.3) is 0 Å².